The summed E-state index contributed by atoms with van der Waals surface area (Å²) >= 11 is 0. The highest BCUT2D eigenvalue weighted by Crippen LogP contribution is 2.05. The Morgan fingerprint density at radius 1 is 1.22 bits per heavy atom. The zero-order chi connectivity index (χ0) is 16.8. The molecule has 1 aromatic heterocycles. The van der Waals surface area contributed by atoms with Gasteiger partial charge in [0.25, 0.3) is 11.5 Å². The second-order valence-corrected chi connectivity index (χ2v) is 5.99. The summed E-state index contributed by atoms with van der Waals surface area (Å²) in [5, 5.41) is 3.03. The highest BCUT2D eigenvalue weighted by Gasteiger charge is 2.16. The van der Waals surface area contributed by atoms with Gasteiger partial charge in [0, 0.05) is 37.5 Å². The van der Waals surface area contributed by atoms with E-state index in [1.165, 1.54) is 16.2 Å². The molecule has 1 unspecified atom stereocenters. The van der Waals surface area contributed by atoms with Gasteiger partial charge in [-0.15, -0.1) is 0 Å². The summed E-state index contributed by atoms with van der Waals surface area (Å²) in [6, 6.07) is 13.1. The van der Waals surface area contributed by atoms with Crippen LogP contribution in [-0.2, 0) is 13.5 Å². The van der Waals surface area contributed by atoms with Gasteiger partial charge in [0.1, 0.15) is 0 Å². The molecule has 122 valence electrons. The van der Waals surface area contributed by atoms with Gasteiger partial charge in [-0.25, -0.2) is 0 Å². The number of benzene rings is 1. The van der Waals surface area contributed by atoms with Crippen molar-refractivity contribution in [2.45, 2.75) is 12.5 Å². The van der Waals surface area contributed by atoms with Crippen molar-refractivity contribution in [3.63, 3.8) is 0 Å². The molecule has 0 aliphatic carbocycles. The third-order valence-electron chi connectivity index (χ3n) is 3.61. The van der Waals surface area contributed by atoms with Gasteiger partial charge in [0.15, 0.2) is 0 Å². The number of amides is 1. The molecule has 1 aromatic carbocycles. The van der Waals surface area contributed by atoms with E-state index in [0.717, 1.165) is 13.0 Å². The summed E-state index contributed by atoms with van der Waals surface area (Å²) in [5.41, 5.74) is 1.37. The lowest BCUT2D eigenvalue weighted by Gasteiger charge is -2.22. The van der Waals surface area contributed by atoms with Crippen LogP contribution in [0, 0.1) is 0 Å². The van der Waals surface area contributed by atoms with Crippen LogP contribution in [0.2, 0.25) is 0 Å². The van der Waals surface area contributed by atoms with Gasteiger partial charge in [-0.05, 0) is 32.1 Å². The van der Waals surface area contributed by atoms with E-state index in [-0.39, 0.29) is 17.5 Å². The second-order valence-electron chi connectivity index (χ2n) is 5.99. The SMILES string of the molecule is CN(C)CC(Cc1ccccc1)NC(=O)c1ccn(C)c(=O)c1. The fraction of sp³-hybridized carbons (Fsp3) is 0.333. The summed E-state index contributed by atoms with van der Waals surface area (Å²) < 4.78 is 1.44. The Hall–Kier alpha value is -2.40. The third kappa shape index (κ3) is 5.07. The summed E-state index contributed by atoms with van der Waals surface area (Å²) in [5.74, 6) is -0.217. The Bertz CT molecular complexity index is 708. The van der Waals surface area contributed by atoms with Crippen molar-refractivity contribution in [1.82, 2.24) is 14.8 Å². The van der Waals surface area contributed by atoms with Gasteiger partial charge in [-0.3, -0.25) is 9.59 Å². The third-order valence-corrected chi connectivity index (χ3v) is 3.61. The maximum absolute atomic E-state index is 12.4. The smallest absolute Gasteiger partial charge is 0.251 e. The Morgan fingerprint density at radius 3 is 2.52 bits per heavy atom. The van der Waals surface area contributed by atoms with Crippen LogP contribution in [0.25, 0.3) is 0 Å². The molecule has 1 heterocycles. The van der Waals surface area contributed by atoms with E-state index in [1.54, 1.807) is 19.3 Å². The van der Waals surface area contributed by atoms with E-state index in [0.29, 0.717) is 5.56 Å². The minimum Gasteiger partial charge on any atom is -0.348 e. The molecule has 0 aliphatic heterocycles. The molecule has 5 heteroatoms. The zero-order valence-corrected chi connectivity index (χ0v) is 13.8. The molecule has 5 nitrogen and oxygen atoms in total. The average Bonchev–Trinajstić information content (AvgIpc) is 2.50. The number of pyridine rings is 1. The first kappa shape index (κ1) is 17.0. The first-order chi connectivity index (χ1) is 11.0. The Labute approximate surface area is 136 Å². The average molecular weight is 313 g/mol. The van der Waals surface area contributed by atoms with Crippen molar-refractivity contribution in [3.8, 4) is 0 Å². The number of rotatable bonds is 6. The highest BCUT2D eigenvalue weighted by atomic mass is 16.2. The minimum atomic E-state index is -0.217. The molecule has 23 heavy (non-hydrogen) atoms. The van der Waals surface area contributed by atoms with Crippen LogP contribution in [0.3, 0.4) is 0 Å². The van der Waals surface area contributed by atoms with E-state index in [4.69, 9.17) is 0 Å². The van der Waals surface area contributed by atoms with Crippen LogP contribution in [-0.4, -0.2) is 42.1 Å². The largest absolute Gasteiger partial charge is 0.348 e. The number of aryl methyl sites for hydroxylation is 1. The van der Waals surface area contributed by atoms with Crippen LogP contribution in [0.5, 0.6) is 0 Å². The molecule has 0 bridgehead atoms. The molecule has 0 saturated carbocycles. The number of nitrogens with zero attached hydrogens (tertiary/aromatic N) is 2. The highest BCUT2D eigenvalue weighted by molar-refractivity contribution is 5.94. The predicted octanol–water partition coefficient (Wildman–Crippen LogP) is 1.29. The van der Waals surface area contributed by atoms with Gasteiger partial charge in [-0.1, -0.05) is 30.3 Å². The fourth-order valence-electron chi connectivity index (χ4n) is 2.46. The number of aromatic nitrogens is 1. The Kier molecular flexibility index (Phi) is 5.71. The molecule has 0 radical (unpaired) electrons. The van der Waals surface area contributed by atoms with Gasteiger partial charge >= 0.3 is 0 Å². The van der Waals surface area contributed by atoms with Gasteiger partial charge in [0.05, 0.1) is 0 Å². The molecular formula is C18H23N3O2. The monoisotopic (exact) mass is 313 g/mol. The lowest BCUT2D eigenvalue weighted by Crippen LogP contribution is -2.43. The molecule has 1 N–H and O–H groups in total. The summed E-state index contributed by atoms with van der Waals surface area (Å²) in [6.07, 6.45) is 2.35. The van der Waals surface area contributed by atoms with Crippen molar-refractivity contribution in [1.29, 1.82) is 0 Å². The number of hydrogen-bond donors (Lipinski definition) is 1. The molecule has 1 amide bonds. The first-order valence-electron chi connectivity index (χ1n) is 7.62. The molecule has 0 aliphatic rings. The number of carbonyl (C=O) groups excluding carboxylic acids is 1. The molecule has 0 fully saturated rings. The van der Waals surface area contributed by atoms with E-state index in [9.17, 15) is 9.59 Å². The van der Waals surface area contributed by atoms with Gasteiger partial charge < -0.3 is 14.8 Å². The van der Waals surface area contributed by atoms with Crippen molar-refractivity contribution in [2.24, 2.45) is 7.05 Å². The molecular weight excluding hydrogens is 290 g/mol. The van der Waals surface area contributed by atoms with Crippen LogP contribution >= 0.6 is 0 Å². The summed E-state index contributed by atoms with van der Waals surface area (Å²) in [6.45, 7) is 0.728. The van der Waals surface area contributed by atoms with Crippen molar-refractivity contribution < 1.29 is 4.79 Å². The number of nitrogens with one attached hydrogen (secondary N) is 1. The minimum absolute atomic E-state index is 0.0241. The quantitative estimate of drug-likeness (QED) is 0.874. The second kappa shape index (κ2) is 7.74. The molecule has 2 rings (SSSR count). The van der Waals surface area contributed by atoms with Crippen LogP contribution < -0.4 is 10.9 Å². The lowest BCUT2D eigenvalue weighted by molar-refractivity contribution is 0.0930. The van der Waals surface area contributed by atoms with E-state index < -0.39 is 0 Å². The lowest BCUT2D eigenvalue weighted by atomic mass is 10.1. The topological polar surface area (TPSA) is 54.3 Å². The van der Waals surface area contributed by atoms with Crippen LogP contribution in [0.4, 0.5) is 0 Å². The maximum Gasteiger partial charge on any atom is 0.251 e. The number of carbonyl (C=O) groups is 1. The summed E-state index contributed by atoms with van der Waals surface area (Å²) in [4.78, 5) is 26.1. The number of likely N-dealkylation sites (N-methyl/N-ethyl adjacent to an activating group) is 1. The van der Waals surface area contributed by atoms with Crippen molar-refractivity contribution >= 4 is 5.91 Å². The molecule has 0 saturated heterocycles. The van der Waals surface area contributed by atoms with E-state index in [1.807, 2.05) is 49.3 Å². The van der Waals surface area contributed by atoms with Crippen LogP contribution in [0.15, 0.2) is 53.5 Å². The Balaban J connectivity index is 2.11. The fourth-order valence-corrected chi connectivity index (χ4v) is 2.46. The van der Waals surface area contributed by atoms with Crippen LogP contribution in [0.1, 0.15) is 15.9 Å². The first-order valence-corrected chi connectivity index (χ1v) is 7.62. The molecule has 1 atom stereocenters. The van der Waals surface area contributed by atoms with Crippen molar-refractivity contribution in [3.05, 3.63) is 70.1 Å². The summed E-state index contributed by atoms with van der Waals surface area (Å²) in [7, 11) is 5.61. The van der Waals surface area contributed by atoms with E-state index >= 15 is 0 Å². The molecule has 2 aromatic rings. The zero-order valence-electron chi connectivity index (χ0n) is 13.8. The van der Waals surface area contributed by atoms with Gasteiger partial charge in [-0.2, -0.15) is 0 Å². The Morgan fingerprint density at radius 2 is 1.91 bits per heavy atom. The predicted molar refractivity (Wildman–Crippen MR) is 91.6 cm³/mol. The number of hydrogen-bond acceptors (Lipinski definition) is 3. The van der Waals surface area contributed by atoms with E-state index in [2.05, 4.69) is 5.32 Å². The van der Waals surface area contributed by atoms with Gasteiger partial charge in [0.2, 0.25) is 0 Å². The van der Waals surface area contributed by atoms with Crippen molar-refractivity contribution in [2.75, 3.05) is 20.6 Å². The maximum atomic E-state index is 12.4. The standard InChI is InChI=1S/C18H23N3O2/c1-20(2)13-16(11-14-7-5-4-6-8-14)19-18(23)15-9-10-21(3)17(22)12-15/h4-10,12,16H,11,13H2,1-3H3,(H,19,23). The molecule has 0 spiro atoms. The normalized spacial score (nSPS) is 12.2.